The first kappa shape index (κ1) is 32.7. The number of amides is 2. The zero-order valence-electron chi connectivity index (χ0n) is 25.0. The largest absolute Gasteiger partial charge is 0.353 e. The highest BCUT2D eigenvalue weighted by Gasteiger charge is 2.28. The Morgan fingerprint density at radius 2 is 1.51 bits per heavy atom. The van der Waals surface area contributed by atoms with E-state index in [9.17, 15) is 18.0 Å². The highest BCUT2D eigenvalue weighted by Crippen LogP contribution is 2.34. The minimum Gasteiger partial charge on any atom is -0.353 e. The zero-order valence-corrected chi connectivity index (χ0v) is 26.5. The molecule has 1 unspecified atom stereocenters. The van der Waals surface area contributed by atoms with Crippen molar-refractivity contribution in [2.24, 2.45) is 0 Å². The summed E-state index contributed by atoms with van der Waals surface area (Å²) < 4.78 is 30.7. The molecule has 0 saturated heterocycles. The predicted octanol–water partition coefficient (Wildman–Crippen LogP) is 6.42. The van der Waals surface area contributed by atoms with E-state index in [0.717, 1.165) is 41.8 Å². The van der Waals surface area contributed by atoms with Crippen molar-refractivity contribution in [3.63, 3.8) is 0 Å². The van der Waals surface area contributed by atoms with E-state index in [0.29, 0.717) is 17.9 Å². The summed E-state index contributed by atoms with van der Waals surface area (Å²) in [6, 6.07) is 23.4. The molecule has 3 aromatic carbocycles. The van der Waals surface area contributed by atoms with Crippen molar-refractivity contribution in [2.75, 3.05) is 12.3 Å². The quantitative estimate of drug-likeness (QED) is 0.225. The van der Waals surface area contributed by atoms with E-state index in [2.05, 4.69) is 55.7 Å². The summed E-state index contributed by atoms with van der Waals surface area (Å²) in [5.74, 6) is -0.931. The van der Waals surface area contributed by atoms with Crippen LogP contribution in [0.25, 0.3) is 0 Å². The van der Waals surface area contributed by atoms with Crippen LogP contribution in [0.5, 0.6) is 0 Å². The van der Waals surface area contributed by atoms with Crippen molar-refractivity contribution in [1.82, 2.24) is 10.6 Å². The number of hydrogen-bond donors (Lipinski definition) is 3. The van der Waals surface area contributed by atoms with Crippen molar-refractivity contribution in [2.45, 2.75) is 76.2 Å². The molecule has 3 N–H and O–H groups in total. The first-order valence-corrected chi connectivity index (χ1v) is 16.8. The van der Waals surface area contributed by atoms with Gasteiger partial charge in [0, 0.05) is 23.2 Å². The predicted molar refractivity (Wildman–Crippen MR) is 171 cm³/mol. The lowest BCUT2D eigenvalue weighted by molar-refractivity contribution is -0.123. The number of rotatable bonds is 10. The first-order chi connectivity index (χ1) is 20.3. The second-order valence-corrected chi connectivity index (χ2v) is 14.5. The molecule has 0 radical (unpaired) electrons. The monoisotopic (exact) mass is 624 g/mol. The Balaban J connectivity index is 1.44. The molecule has 0 heterocycles. The van der Waals surface area contributed by atoms with E-state index in [4.69, 9.17) is 16.2 Å². The molecular weight excluding hydrogens is 584 g/mol. The molecule has 2 amide bonds. The normalized spacial score (nSPS) is 18.1. The van der Waals surface area contributed by atoms with Gasteiger partial charge in [-0.3, -0.25) is 14.1 Å². The van der Waals surface area contributed by atoms with Crippen LogP contribution in [0.4, 0.5) is 0 Å². The van der Waals surface area contributed by atoms with Crippen LogP contribution < -0.4 is 10.6 Å². The molecule has 3 aromatic rings. The molecule has 0 bridgehead atoms. The van der Waals surface area contributed by atoms with Gasteiger partial charge >= 0.3 is 0 Å². The Morgan fingerprint density at radius 1 is 0.907 bits per heavy atom. The van der Waals surface area contributed by atoms with Crippen LogP contribution in [-0.2, 0) is 26.7 Å². The van der Waals surface area contributed by atoms with Gasteiger partial charge < -0.3 is 10.6 Å². The fraction of sp³-hybridized carbons (Fsp3) is 0.412. The van der Waals surface area contributed by atoms with Crippen LogP contribution in [0.3, 0.4) is 0 Å². The van der Waals surface area contributed by atoms with Gasteiger partial charge in [-0.25, -0.2) is 0 Å². The van der Waals surface area contributed by atoms with Crippen LogP contribution in [0.1, 0.15) is 90.9 Å². The molecule has 0 aromatic heterocycles. The number of halogens is 1. The second-order valence-electron chi connectivity index (χ2n) is 12.5. The first-order valence-electron chi connectivity index (χ1n) is 14.8. The number of carbonyl (C=O) groups excluding carboxylic acids is 2. The molecule has 1 saturated carbocycles. The van der Waals surface area contributed by atoms with Crippen molar-refractivity contribution >= 4 is 33.5 Å². The molecule has 0 spiro atoms. The summed E-state index contributed by atoms with van der Waals surface area (Å²) in [6.45, 7) is 6.29. The number of carbonyl (C=O) groups is 2. The van der Waals surface area contributed by atoms with Crippen LogP contribution >= 0.6 is 11.6 Å². The Bertz CT molecular complexity index is 1490. The second kappa shape index (κ2) is 14.1. The smallest absolute Gasteiger partial charge is 0.266 e. The van der Waals surface area contributed by atoms with E-state index in [-0.39, 0.29) is 23.9 Å². The molecule has 43 heavy (non-hydrogen) atoms. The van der Waals surface area contributed by atoms with Gasteiger partial charge in [-0.2, -0.15) is 8.42 Å². The molecule has 0 aliphatic heterocycles. The molecule has 4 rings (SSSR count). The van der Waals surface area contributed by atoms with Gasteiger partial charge in [0.15, 0.2) is 0 Å². The van der Waals surface area contributed by atoms with E-state index in [1.807, 2.05) is 36.4 Å². The van der Waals surface area contributed by atoms with E-state index < -0.39 is 27.7 Å². The summed E-state index contributed by atoms with van der Waals surface area (Å²) in [5.41, 5.74) is 4.69. The van der Waals surface area contributed by atoms with Crippen LogP contribution in [0.2, 0.25) is 5.02 Å². The van der Waals surface area contributed by atoms with Crippen molar-refractivity contribution in [3.8, 4) is 0 Å². The van der Waals surface area contributed by atoms with Crippen molar-refractivity contribution in [3.05, 3.63) is 106 Å². The molecule has 7 nitrogen and oxygen atoms in total. The number of benzene rings is 3. The molecule has 1 fully saturated rings. The lowest BCUT2D eigenvalue weighted by atomic mass is 9.81. The summed E-state index contributed by atoms with van der Waals surface area (Å²) in [6.07, 6.45) is 4.30. The van der Waals surface area contributed by atoms with Crippen molar-refractivity contribution in [1.29, 1.82) is 0 Å². The average Bonchev–Trinajstić information content (AvgIpc) is 2.96. The molecule has 9 heteroatoms. The van der Waals surface area contributed by atoms with Crippen LogP contribution in [-0.4, -0.2) is 43.1 Å². The van der Waals surface area contributed by atoms with Gasteiger partial charge in [0.25, 0.3) is 16.0 Å². The highest BCUT2D eigenvalue weighted by atomic mass is 35.5. The van der Waals surface area contributed by atoms with E-state index >= 15 is 0 Å². The van der Waals surface area contributed by atoms with Crippen molar-refractivity contribution < 1.29 is 22.6 Å². The minimum atomic E-state index is -4.15. The topological polar surface area (TPSA) is 113 Å². The maximum absolute atomic E-state index is 13.8. The Kier molecular flexibility index (Phi) is 10.7. The SMILES string of the molecule is CC(C)(C)c1ccc(C(Cc2ccc(C(=O)NCCS(=O)(=O)O)cc2)C(=O)NC2CCC(c3ccc(Cl)cc3)CC2)cc1. The third kappa shape index (κ3) is 9.65. The molecule has 1 aliphatic carbocycles. The maximum Gasteiger partial charge on any atom is 0.266 e. The lowest BCUT2D eigenvalue weighted by Crippen LogP contribution is -2.40. The fourth-order valence-electron chi connectivity index (χ4n) is 5.61. The van der Waals surface area contributed by atoms with Gasteiger partial charge in [-0.05, 0) is 90.0 Å². The molecular formula is C34H41ClN2O5S. The van der Waals surface area contributed by atoms with Crippen LogP contribution in [0.15, 0.2) is 72.8 Å². The van der Waals surface area contributed by atoms with E-state index in [1.54, 1.807) is 12.1 Å². The standard InChI is InChI=1S/C34H41ClN2O5S/c1-34(2,3)28-14-8-26(9-15-28)31(22-23-4-6-27(7-5-23)32(38)36-20-21-43(40,41)42)33(39)37-30-18-12-25(13-19-30)24-10-16-29(35)17-11-24/h4-11,14-17,25,30-31H,12-13,18-22H2,1-3H3,(H,36,38)(H,37,39)(H,40,41,42). The highest BCUT2D eigenvalue weighted by molar-refractivity contribution is 7.85. The summed E-state index contributed by atoms with van der Waals surface area (Å²) >= 11 is 6.06. The molecule has 1 aliphatic rings. The summed E-state index contributed by atoms with van der Waals surface area (Å²) in [5, 5.41) is 6.56. The van der Waals surface area contributed by atoms with Gasteiger partial charge in [0.1, 0.15) is 0 Å². The average molecular weight is 625 g/mol. The third-order valence-corrected chi connectivity index (χ3v) is 9.18. The lowest BCUT2D eigenvalue weighted by Gasteiger charge is -2.31. The Morgan fingerprint density at radius 3 is 2.07 bits per heavy atom. The third-order valence-electron chi connectivity index (χ3n) is 8.21. The molecule has 1 atom stereocenters. The molecule has 230 valence electrons. The van der Waals surface area contributed by atoms with Gasteiger partial charge in [-0.15, -0.1) is 0 Å². The minimum absolute atomic E-state index is 0.00320. The summed E-state index contributed by atoms with van der Waals surface area (Å²) in [4.78, 5) is 26.2. The number of hydrogen-bond acceptors (Lipinski definition) is 4. The van der Waals surface area contributed by atoms with Gasteiger partial charge in [-0.1, -0.05) is 80.9 Å². The number of nitrogens with one attached hydrogen (secondary N) is 2. The van der Waals surface area contributed by atoms with Gasteiger partial charge in [0.05, 0.1) is 11.7 Å². The maximum atomic E-state index is 13.8. The summed E-state index contributed by atoms with van der Waals surface area (Å²) in [7, 11) is -4.15. The zero-order chi connectivity index (χ0) is 31.2. The van der Waals surface area contributed by atoms with Crippen LogP contribution in [0, 0.1) is 0 Å². The van der Waals surface area contributed by atoms with E-state index in [1.165, 1.54) is 11.1 Å². The Labute approximate surface area is 260 Å². The fourth-order valence-corrected chi connectivity index (χ4v) is 6.09. The Hall–Kier alpha value is -3.20. The van der Waals surface area contributed by atoms with Gasteiger partial charge in [0.2, 0.25) is 5.91 Å².